The van der Waals surface area contributed by atoms with Gasteiger partial charge < -0.3 is 19.4 Å². The fourth-order valence-corrected chi connectivity index (χ4v) is 4.05. The number of rotatable bonds is 0. The Bertz CT molecular complexity index is 476. The van der Waals surface area contributed by atoms with Crippen molar-refractivity contribution in [3.05, 3.63) is 0 Å². The number of carbonyl (C=O) groups excluding carboxylic acids is 2. The fraction of sp³-hybridized carbons (Fsp3) is 0.875. The van der Waals surface area contributed by atoms with Crippen molar-refractivity contribution in [1.29, 1.82) is 0 Å². The predicted molar refractivity (Wildman–Crippen MR) is 86.2 cm³/mol. The predicted octanol–water partition coefficient (Wildman–Crippen LogP) is 0.0655. The van der Waals surface area contributed by atoms with Crippen LogP contribution in [0.25, 0.3) is 0 Å². The molecular formula is C16H28N4O3. The van der Waals surface area contributed by atoms with E-state index in [2.05, 4.69) is 18.7 Å². The highest BCUT2D eigenvalue weighted by molar-refractivity contribution is 5.75. The molecule has 130 valence electrons. The molecular weight excluding hydrogens is 296 g/mol. The zero-order chi connectivity index (χ0) is 16.6. The topological polar surface area (TPSA) is 56.3 Å². The van der Waals surface area contributed by atoms with E-state index in [-0.39, 0.29) is 23.5 Å². The zero-order valence-corrected chi connectivity index (χ0v) is 14.5. The molecule has 7 nitrogen and oxygen atoms in total. The van der Waals surface area contributed by atoms with Gasteiger partial charge in [0.1, 0.15) is 0 Å². The van der Waals surface area contributed by atoms with Crippen LogP contribution >= 0.6 is 0 Å². The lowest BCUT2D eigenvalue weighted by Crippen LogP contribution is -2.71. The average molecular weight is 324 g/mol. The standard InChI is InChI=1S/C16H28N4O3/c1-13(21)19-11-14-10-18(4-5-20(14)16(2,3)12-19)15(22)17-6-8-23-9-7-17/h14H,4-12H2,1-3H3/t14-/m0/s1. The lowest BCUT2D eigenvalue weighted by atomic mass is 9.93. The minimum atomic E-state index is -0.0390. The smallest absolute Gasteiger partial charge is 0.320 e. The van der Waals surface area contributed by atoms with E-state index in [0.717, 1.165) is 19.6 Å². The second-order valence-corrected chi connectivity index (χ2v) is 7.39. The molecule has 0 unspecified atom stereocenters. The molecule has 0 bridgehead atoms. The Morgan fingerprint density at radius 1 is 0.957 bits per heavy atom. The molecule has 7 heteroatoms. The second kappa shape index (κ2) is 6.28. The highest BCUT2D eigenvalue weighted by Crippen LogP contribution is 2.28. The summed E-state index contributed by atoms with van der Waals surface area (Å²) >= 11 is 0. The largest absolute Gasteiger partial charge is 0.378 e. The van der Waals surface area contributed by atoms with Crippen LogP contribution in [0.5, 0.6) is 0 Å². The SMILES string of the molecule is CC(=O)N1C[C@@H]2CN(C(=O)N3CCOCC3)CCN2C(C)(C)C1. The maximum atomic E-state index is 12.7. The van der Waals surface area contributed by atoms with Crippen LogP contribution in [-0.2, 0) is 9.53 Å². The van der Waals surface area contributed by atoms with Crippen molar-refractivity contribution in [1.82, 2.24) is 19.6 Å². The number of urea groups is 1. The number of hydrogen-bond acceptors (Lipinski definition) is 4. The number of fused-ring (bicyclic) bond motifs is 1. The maximum Gasteiger partial charge on any atom is 0.320 e. The van der Waals surface area contributed by atoms with Crippen LogP contribution in [-0.4, -0.2) is 102 Å². The van der Waals surface area contributed by atoms with Gasteiger partial charge in [0.05, 0.1) is 13.2 Å². The molecule has 1 atom stereocenters. The molecule has 3 rings (SSSR count). The first-order valence-corrected chi connectivity index (χ1v) is 8.52. The molecule has 0 aromatic rings. The van der Waals surface area contributed by atoms with Gasteiger partial charge in [0.25, 0.3) is 0 Å². The van der Waals surface area contributed by atoms with Gasteiger partial charge in [0, 0.05) is 64.3 Å². The van der Waals surface area contributed by atoms with Crippen LogP contribution in [0, 0.1) is 0 Å². The maximum absolute atomic E-state index is 12.7. The van der Waals surface area contributed by atoms with E-state index < -0.39 is 0 Å². The first-order valence-electron chi connectivity index (χ1n) is 8.52. The second-order valence-electron chi connectivity index (χ2n) is 7.39. The Morgan fingerprint density at radius 3 is 2.26 bits per heavy atom. The van der Waals surface area contributed by atoms with E-state index >= 15 is 0 Å². The molecule has 23 heavy (non-hydrogen) atoms. The van der Waals surface area contributed by atoms with Crippen LogP contribution in [0.15, 0.2) is 0 Å². The Kier molecular flexibility index (Phi) is 4.51. The van der Waals surface area contributed by atoms with Gasteiger partial charge in [-0.3, -0.25) is 9.69 Å². The van der Waals surface area contributed by atoms with Gasteiger partial charge in [0.15, 0.2) is 0 Å². The summed E-state index contributed by atoms with van der Waals surface area (Å²) in [5.74, 6) is 0.120. The molecule has 0 N–H and O–H groups in total. The minimum absolute atomic E-state index is 0.0390. The monoisotopic (exact) mass is 324 g/mol. The van der Waals surface area contributed by atoms with Gasteiger partial charge in [-0.05, 0) is 13.8 Å². The molecule has 0 spiro atoms. The van der Waals surface area contributed by atoms with Gasteiger partial charge in [-0.15, -0.1) is 0 Å². The van der Waals surface area contributed by atoms with Gasteiger partial charge in [0.2, 0.25) is 5.91 Å². The first-order chi connectivity index (χ1) is 10.9. The average Bonchev–Trinajstić information content (AvgIpc) is 2.53. The van der Waals surface area contributed by atoms with E-state index in [0.29, 0.717) is 39.4 Å². The number of piperazine rings is 2. The Labute approximate surface area is 138 Å². The molecule has 3 fully saturated rings. The van der Waals surface area contributed by atoms with Gasteiger partial charge >= 0.3 is 6.03 Å². The van der Waals surface area contributed by atoms with Crippen molar-refractivity contribution in [3.63, 3.8) is 0 Å². The number of nitrogens with zero attached hydrogens (tertiary/aromatic N) is 4. The Hall–Kier alpha value is -1.34. The normalized spacial score (nSPS) is 28.5. The van der Waals surface area contributed by atoms with Crippen molar-refractivity contribution in [2.24, 2.45) is 0 Å². The third kappa shape index (κ3) is 3.30. The molecule has 3 aliphatic heterocycles. The number of hydrogen-bond donors (Lipinski definition) is 0. The van der Waals surface area contributed by atoms with Gasteiger partial charge in [-0.2, -0.15) is 0 Å². The van der Waals surface area contributed by atoms with Crippen molar-refractivity contribution >= 4 is 11.9 Å². The summed E-state index contributed by atoms with van der Waals surface area (Å²) < 4.78 is 5.33. The van der Waals surface area contributed by atoms with Crippen LogP contribution in [0.3, 0.4) is 0 Å². The number of ether oxygens (including phenoxy) is 1. The van der Waals surface area contributed by atoms with Crippen molar-refractivity contribution in [2.75, 3.05) is 59.0 Å². The van der Waals surface area contributed by atoms with E-state index in [9.17, 15) is 9.59 Å². The molecule has 0 aromatic heterocycles. The molecule has 0 aromatic carbocycles. The van der Waals surface area contributed by atoms with E-state index in [1.165, 1.54) is 0 Å². The zero-order valence-electron chi connectivity index (χ0n) is 14.5. The molecule has 3 aliphatic rings. The van der Waals surface area contributed by atoms with Crippen molar-refractivity contribution in [2.45, 2.75) is 32.4 Å². The van der Waals surface area contributed by atoms with E-state index in [4.69, 9.17) is 4.74 Å². The molecule has 3 heterocycles. The summed E-state index contributed by atoms with van der Waals surface area (Å²) in [7, 11) is 0. The minimum Gasteiger partial charge on any atom is -0.378 e. The lowest BCUT2D eigenvalue weighted by molar-refractivity contribution is -0.138. The molecule has 0 aliphatic carbocycles. The lowest BCUT2D eigenvalue weighted by Gasteiger charge is -2.55. The molecule has 0 saturated carbocycles. The molecule has 3 amide bonds. The highest BCUT2D eigenvalue weighted by atomic mass is 16.5. The van der Waals surface area contributed by atoms with Crippen LogP contribution < -0.4 is 0 Å². The molecule has 3 saturated heterocycles. The third-order valence-electron chi connectivity index (χ3n) is 5.27. The summed E-state index contributed by atoms with van der Waals surface area (Å²) in [6, 6.07) is 0.340. The quantitative estimate of drug-likeness (QED) is 0.633. The Balaban J connectivity index is 1.68. The number of carbonyl (C=O) groups is 2. The van der Waals surface area contributed by atoms with Gasteiger partial charge in [-0.25, -0.2) is 4.79 Å². The summed E-state index contributed by atoms with van der Waals surface area (Å²) in [4.78, 5) is 32.8. The summed E-state index contributed by atoms with van der Waals surface area (Å²) in [6.45, 7) is 12.4. The highest BCUT2D eigenvalue weighted by Gasteiger charge is 2.44. The van der Waals surface area contributed by atoms with Crippen molar-refractivity contribution < 1.29 is 14.3 Å². The third-order valence-corrected chi connectivity index (χ3v) is 5.27. The van der Waals surface area contributed by atoms with E-state index in [1.54, 1.807) is 6.92 Å². The van der Waals surface area contributed by atoms with Crippen LogP contribution in [0.4, 0.5) is 4.79 Å². The number of morpholine rings is 1. The molecule has 0 radical (unpaired) electrons. The summed E-state index contributed by atoms with van der Waals surface area (Å²) in [5, 5.41) is 0. The number of amides is 3. The van der Waals surface area contributed by atoms with Crippen LogP contribution in [0.2, 0.25) is 0 Å². The Morgan fingerprint density at radius 2 is 1.61 bits per heavy atom. The van der Waals surface area contributed by atoms with E-state index in [1.807, 2.05) is 14.7 Å². The first kappa shape index (κ1) is 16.5. The summed E-state index contributed by atoms with van der Waals surface area (Å²) in [6.07, 6.45) is 0. The van der Waals surface area contributed by atoms with Crippen LogP contribution in [0.1, 0.15) is 20.8 Å². The fourth-order valence-electron chi connectivity index (χ4n) is 4.05. The van der Waals surface area contributed by atoms with Crippen molar-refractivity contribution in [3.8, 4) is 0 Å². The summed E-state index contributed by atoms with van der Waals surface area (Å²) in [5.41, 5.74) is -0.0390. The van der Waals surface area contributed by atoms with Gasteiger partial charge in [-0.1, -0.05) is 0 Å².